The number of methoxy groups -OCH3 is 1. The third-order valence-electron chi connectivity index (χ3n) is 3.08. The summed E-state index contributed by atoms with van der Waals surface area (Å²) in [5.74, 6) is 0.536. The third kappa shape index (κ3) is 2.64. The lowest BCUT2D eigenvalue weighted by Gasteiger charge is -2.08. The van der Waals surface area contributed by atoms with Crippen LogP contribution in [0.3, 0.4) is 0 Å². The van der Waals surface area contributed by atoms with Gasteiger partial charge in [0.25, 0.3) is 5.91 Å². The molecule has 0 saturated heterocycles. The van der Waals surface area contributed by atoms with E-state index in [1.807, 2.05) is 30.3 Å². The summed E-state index contributed by atoms with van der Waals surface area (Å²) in [4.78, 5) is 12.3. The first kappa shape index (κ1) is 13.7. The first-order chi connectivity index (χ1) is 10.2. The third-order valence-corrected chi connectivity index (χ3v) is 3.70. The van der Waals surface area contributed by atoms with Gasteiger partial charge in [0.15, 0.2) is 5.76 Å². The van der Waals surface area contributed by atoms with Gasteiger partial charge in [0.05, 0.1) is 17.3 Å². The zero-order chi connectivity index (χ0) is 14.8. The topological polar surface area (TPSA) is 51.5 Å². The summed E-state index contributed by atoms with van der Waals surface area (Å²) < 4.78 is 11.6. The summed E-state index contributed by atoms with van der Waals surface area (Å²) in [5.41, 5.74) is 1.26. The van der Waals surface area contributed by atoms with E-state index in [1.54, 1.807) is 25.3 Å². The van der Waals surface area contributed by atoms with E-state index in [0.29, 0.717) is 17.0 Å². The van der Waals surface area contributed by atoms with Crippen LogP contribution >= 0.6 is 15.9 Å². The molecule has 0 aliphatic heterocycles. The van der Waals surface area contributed by atoms with Crippen molar-refractivity contribution in [3.05, 3.63) is 58.8 Å². The Bertz CT molecular complexity index is 810. The average molecular weight is 346 g/mol. The van der Waals surface area contributed by atoms with Gasteiger partial charge in [-0.3, -0.25) is 4.79 Å². The van der Waals surface area contributed by atoms with Crippen molar-refractivity contribution < 1.29 is 13.9 Å². The maximum atomic E-state index is 12.3. The Morgan fingerprint density at radius 1 is 1.19 bits per heavy atom. The van der Waals surface area contributed by atoms with Crippen molar-refractivity contribution in [1.29, 1.82) is 0 Å². The van der Waals surface area contributed by atoms with Crippen molar-refractivity contribution >= 4 is 38.5 Å². The first-order valence-electron chi connectivity index (χ1n) is 6.31. The number of benzene rings is 2. The maximum absolute atomic E-state index is 12.3. The van der Waals surface area contributed by atoms with E-state index in [2.05, 4.69) is 21.2 Å². The maximum Gasteiger partial charge on any atom is 0.291 e. The van der Waals surface area contributed by atoms with Crippen LogP contribution in [0.4, 0.5) is 5.69 Å². The summed E-state index contributed by atoms with van der Waals surface area (Å²) in [6.45, 7) is 0. The molecule has 1 aromatic heterocycles. The lowest BCUT2D eigenvalue weighted by atomic mass is 10.2. The summed E-state index contributed by atoms with van der Waals surface area (Å²) >= 11 is 3.40. The molecule has 3 aromatic rings. The van der Waals surface area contributed by atoms with Crippen molar-refractivity contribution in [2.75, 3.05) is 12.4 Å². The predicted molar refractivity (Wildman–Crippen MR) is 84.9 cm³/mol. The highest BCUT2D eigenvalue weighted by atomic mass is 79.9. The number of furan rings is 1. The molecule has 1 heterocycles. The number of fused-ring (bicyclic) bond motifs is 1. The van der Waals surface area contributed by atoms with Gasteiger partial charge in [-0.2, -0.15) is 0 Å². The molecule has 0 aliphatic carbocycles. The van der Waals surface area contributed by atoms with E-state index in [4.69, 9.17) is 9.15 Å². The Hall–Kier alpha value is -2.27. The number of nitrogens with one attached hydrogen (secondary N) is 1. The van der Waals surface area contributed by atoms with Crippen LogP contribution in [0, 0.1) is 0 Å². The summed E-state index contributed by atoms with van der Waals surface area (Å²) in [7, 11) is 1.56. The highest BCUT2D eigenvalue weighted by molar-refractivity contribution is 9.10. The number of hydrogen-bond acceptors (Lipinski definition) is 3. The molecule has 0 unspecified atom stereocenters. The zero-order valence-electron chi connectivity index (χ0n) is 11.2. The van der Waals surface area contributed by atoms with Gasteiger partial charge in [0.1, 0.15) is 11.3 Å². The molecule has 3 rings (SSSR count). The molecule has 21 heavy (non-hydrogen) atoms. The second-order valence-electron chi connectivity index (χ2n) is 4.42. The van der Waals surface area contributed by atoms with E-state index in [-0.39, 0.29) is 11.7 Å². The molecule has 0 aliphatic rings. The number of carbonyl (C=O) groups is 1. The molecule has 0 radical (unpaired) electrons. The number of para-hydroxylation sites is 3. The minimum atomic E-state index is -0.317. The quantitative estimate of drug-likeness (QED) is 0.762. The van der Waals surface area contributed by atoms with Crippen LogP contribution in [0.25, 0.3) is 11.0 Å². The van der Waals surface area contributed by atoms with Crippen LogP contribution < -0.4 is 10.1 Å². The lowest BCUT2D eigenvalue weighted by Crippen LogP contribution is -2.11. The molecule has 2 aromatic carbocycles. The Labute approximate surface area is 129 Å². The number of hydrogen-bond donors (Lipinski definition) is 1. The van der Waals surface area contributed by atoms with Crippen LogP contribution in [0.15, 0.2) is 57.4 Å². The van der Waals surface area contributed by atoms with Crippen molar-refractivity contribution in [1.82, 2.24) is 0 Å². The SMILES string of the molecule is COc1ccccc1NC(=O)c1cc2cccc(Br)c2o1. The standard InChI is InChI=1S/C16H12BrNO3/c1-20-13-8-3-2-7-12(13)18-16(19)14-9-10-5-4-6-11(17)15(10)21-14/h2-9H,1H3,(H,18,19). The van der Waals surface area contributed by atoms with Crippen LogP contribution in [0.2, 0.25) is 0 Å². The van der Waals surface area contributed by atoms with Crippen molar-refractivity contribution in [2.24, 2.45) is 0 Å². The zero-order valence-corrected chi connectivity index (χ0v) is 12.8. The fourth-order valence-corrected chi connectivity index (χ4v) is 2.53. The summed E-state index contributed by atoms with van der Waals surface area (Å²) in [5, 5.41) is 3.66. The molecule has 4 nitrogen and oxygen atoms in total. The van der Waals surface area contributed by atoms with Crippen LogP contribution in [-0.4, -0.2) is 13.0 Å². The summed E-state index contributed by atoms with van der Waals surface area (Å²) in [6, 6.07) is 14.6. The fourth-order valence-electron chi connectivity index (χ4n) is 2.07. The highest BCUT2D eigenvalue weighted by Gasteiger charge is 2.15. The molecule has 106 valence electrons. The van der Waals surface area contributed by atoms with E-state index in [1.165, 1.54) is 0 Å². The average Bonchev–Trinajstić information content (AvgIpc) is 2.93. The van der Waals surface area contributed by atoms with Gasteiger partial charge in [-0.05, 0) is 40.2 Å². The van der Waals surface area contributed by atoms with E-state index in [9.17, 15) is 4.79 Å². The van der Waals surface area contributed by atoms with Gasteiger partial charge < -0.3 is 14.5 Å². The number of halogens is 1. The van der Waals surface area contributed by atoms with Gasteiger partial charge in [0, 0.05) is 5.39 Å². The molecule has 0 bridgehead atoms. The second kappa shape index (κ2) is 5.61. The minimum Gasteiger partial charge on any atom is -0.495 e. The highest BCUT2D eigenvalue weighted by Crippen LogP contribution is 2.28. The molecule has 0 fully saturated rings. The molecule has 0 saturated carbocycles. The number of ether oxygens (including phenoxy) is 1. The van der Waals surface area contributed by atoms with Crippen LogP contribution in [-0.2, 0) is 0 Å². The number of anilines is 1. The Morgan fingerprint density at radius 2 is 2.00 bits per heavy atom. The Morgan fingerprint density at radius 3 is 2.76 bits per heavy atom. The molecule has 5 heteroatoms. The van der Waals surface area contributed by atoms with Crippen LogP contribution in [0.5, 0.6) is 5.75 Å². The van der Waals surface area contributed by atoms with Crippen molar-refractivity contribution in [3.8, 4) is 5.75 Å². The van der Waals surface area contributed by atoms with Crippen molar-refractivity contribution in [2.45, 2.75) is 0 Å². The van der Waals surface area contributed by atoms with Gasteiger partial charge in [-0.1, -0.05) is 24.3 Å². The molecule has 1 amide bonds. The van der Waals surface area contributed by atoms with Gasteiger partial charge in [0.2, 0.25) is 0 Å². The van der Waals surface area contributed by atoms with Gasteiger partial charge in [-0.25, -0.2) is 0 Å². The molecule has 1 N–H and O–H groups in total. The fraction of sp³-hybridized carbons (Fsp3) is 0.0625. The number of amides is 1. The molecular weight excluding hydrogens is 334 g/mol. The molecule has 0 atom stereocenters. The second-order valence-corrected chi connectivity index (χ2v) is 5.28. The monoisotopic (exact) mass is 345 g/mol. The Kier molecular flexibility index (Phi) is 3.66. The van der Waals surface area contributed by atoms with E-state index >= 15 is 0 Å². The Balaban J connectivity index is 1.92. The van der Waals surface area contributed by atoms with E-state index < -0.39 is 0 Å². The smallest absolute Gasteiger partial charge is 0.291 e. The number of carbonyl (C=O) groups excluding carboxylic acids is 1. The summed E-state index contributed by atoms with van der Waals surface area (Å²) in [6.07, 6.45) is 0. The van der Waals surface area contributed by atoms with Crippen LogP contribution in [0.1, 0.15) is 10.6 Å². The predicted octanol–water partition coefficient (Wildman–Crippen LogP) is 4.46. The van der Waals surface area contributed by atoms with E-state index in [0.717, 1.165) is 9.86 Å². The van der Waals surface area contributed by atoms with Crippen molar-refractivity contribution in [3.63, 3.8) is 0 Å². The molecular formula is C16H12BrNO3. The van der Waals surface area contributed by atoms with Gasteiger partial charge in [-0.15, -0.1) is 0 Å². The molecule has 0 spiro atoms. The number of rotatable bonds is 3. The first-order valence-corrected chi connectivity index (χ1v) is 7.11. The normalized spacial score (nSPS) is 10.6. The minimum absolute atomic E-state index is 0.253. The largest absolute Gasteiger partial charge is 0.495 e. The lowest BCUT2D eigenvalue weighted by molar-refractivity contribution is 0.0998. The van der Waals surface area contributed by atoms with Gasteiger partial charge >= 0.3 is 0 Å².